The van der Waals surface area contributed by atoms with Crippen LogP contribution in [0.25, 0.3) is 0 Å². The SMILES string of the molecule is C=CCN1C[C@H](O)[C@@H](O)[C@@H](O)[C@H]1C. The van der Waals surface area contributed by atoms with Crippen molar-refractivity contribution in [3.63, 3.8) is 0 Å². The Balaban J connectivity index is 2.64. The van der Waals surface area contributed by atoms with E-state index < -0.39 is 18.3 Å². The van der Waals surface area contributed by atoms with Gasteiger partial charge in [0.2, 0.25) is 0 Å². The van der Waals surface area contributed by atoms with Gasteiger partial charge in [0.05, 0.1) is 12.2 Å². The number of likely N-dealkylation sites (tertiary alicyclic amines) is 1. The molecule has 0 spiro atoms. The van der Waals surface area contributed by atoms with Crippen molar-refractivity contribution < 1.29 is 15.3 Å². The molecule has 0 amide bonds. The maximum absolute atomic E-state index is 9.53. The van der Waals surface area contributed by atoms with Crippen LogP contribution in [0.1, 0.15) is 6.92 Å². The molecule has 4 heteroatoms. The zero-order chi connectivity index (χ0) is 10.0. The summed E-state index contributed by atoms with van der Waals surface area (Å²) in [5, 5.41) is 28.3. The first-order valence-corrected chi connectivity index (χ1v) is 4.47. The van der Waals surface area contributed by atoms with Gasteiger partial charge < -0.3 is 15.3 Å². The second-order valence-corrected chi connectivity index (χ2v) is 3.53. The van der Waals surface area contributed by atoms with Crippen LogP contribution in [0.15, 0.2) is 12.7 Å². The molecule has 0 saturated carbocycles. The second-order valence-electron chi connectivity index (χ2n) is 3.53. The lowest BCUT2D eigenvalue weighted by atomic mass is 9.95. The van der Waals surface area contributed by atoms with Crippen molar-refractivity contribution >= 4 is 0 Å². The van der Waals surface area contributed by atoms with Gasteiger partial charge in [-0.05, 0) is 6.92 Å². The monoisotopic (exact) mass is 187 g/mol. The number of nitrogens with zero attached hydrogens (tertiary/aromatic N) is 1. The zero-order valence-corrected chi connectivity index (χ0v) is 7.80. The summed E-state index contributed by atoms with van der Waals surface area (Å²) in [5.74, 6) is 0. The Morgan fingerprint density at radius 3 is 2.54 bits per heavy atom. The van der Waals surface area contributed by atoms with Gasteiger partial charge in [0.15, 0.2) is 0 Å². The average Bonchev–Trinajstić information content (AvgIpc) is 2.11. The van der Waals surface area contributed by atoms with Crippen LogP contribution < -0.4 is 0 Å². The molecule has 13 heavy (non-hydrogen) atoms. The third kappa shape index (κ3) is 2.08. The van der Waals surface area contributed by atoms with E-state index in [-0.39, 0.29) is 6.04 Å². The summed E-state index contributed by atoms with van der Waals surface area (Å²) in [7, 11) is 0. The molecule has 1 aliphatic heterocycles. The molecule has 0 aromatic heterocycles. The number of hydrogen-bond donors (Lipinski definition) is 3. The third-order valence-electron chi connectivity index (χ3n) is 2.60. The smallest absolute Gasteiger partial charge is 0.108 e. The minimum atomic E-state index is -1.03. The van der Waals surface area contributed by atoms with Crippen LogP contribution in [-0.2, 0) is 0 Å². The summed E-state index contributed by atoms with van der Waals surface area (Å²) in [6, 6.07) is -0.142. The number of rotatable bonds is 2. The number of hydrogen-bond acceptors (Lipinski definition) is 4. The number of aliphatic hydroxyl groups is 3. The molecule has 76 valence electrons. The minimum absolute atomic E-state index is 0.142. The lowest BCUT2D eigenvalue weighted by molar-refractivity contribution is -0.130. The standard InChI is InChI=1S/C9H17NO3/c1-3-4-10-5-7(11)9(13)8(12)6(10)2/h3,6-9,11-13H,1,4-5H2,2H3/t6-,7+,8+,9-/m1/s1. The Morgan fingerprint density at radius 2 is 2.00 bits per heavy atom. The molecule has 0 bridgehead atoms. The second kappa shape index (κ2) is 4.19. The van der Waals surface area contributed by atoms with Gasteiger partial charge in [-0.25, -0.2) is 0 Å². The van der Waals surface area contributed by atoms with Gasteiger partial charge in [0.1, 0.15) is 6.10 Å². The fourth-order valence-electron chi connectivity index (χ4n) is 1.65. The summed E-state index contributed by atoms with van der Waals surface area (Å²) in [5.41, 5.74) is 0. The van der Waals surface area contributed by atoms with E-state index in [1.165, 1.54) is 0 Å². The molecule has 4 atom stereocenters. The molecular weight excluding hydrogens is 170 g/mol. The van der Waals surface area contributed by atoms with Gasteiger partial charge >= 0.3 is 0 Å². The van der Waals surface area contributed by atoms with E-state index in [1.807, 2.05) is 11.8 Å². The molecule has 1 rings (SSSR count). The van der Waals surface area contributed by atoms with E-state index >= 15 is 0 Å². The number of β-amino-alcohol motifs (C(OH)–C–C–N with tert-alkyl or cyclic N) is 1. The van der Waals surface area contributed by atoms with Crippen molar-refractivity contribution in [3.05, 3.63) is 12.7 Å². The molecule has 0 radical (unpaired) electrons. The van der Waals surface area contributed by atoms with Gasteiger partial charge in [-0.3, -0.25) is 4.90 Å². The highest BCUT2D eigenvalue weighted by Gasteiger charge is 2.38. The van der Waals surface area contributed by atoms with Crippen LogP contribution in [0.4, 0.5) is 0 Å². The summed E-state index contributed by atoms with van der Waals surface area (Å²) >= 11 is 0. The predicted molar refractivity (Wildman–Crippen MR) is 49.3 cm³/mol. The maximum atomic E-state index is 9.53. The topological polar surface area (TPSA) is 63.9 Å². The summed E-state index contributed by atoms with van der Waals surface area (Å²) < 4.78 is 0. The quantitative estimate of drug-likeness (QED) is 0.483. The predicted octanol–water partition coefficient (Wildman–Crippen LogP) is -1.04. The van der Waals surface area contributed by atoms with Crippen molar-refractivity contribution in [2.75, 3.05) is 13.1 Å². The fraction of sp³-hybridized carbons (Fsp3) is 0.778. The van der Waals surface area contributed by atoms with E-state index in [0.717, 1.165) is 0 Å². The van der Waals surface area contributed by atoms with Crippen molar-refractivity contribution in [3.8, 4) is 0 Å². The maximum Gasteiger partial charge on any atom is 0.108 e. The Kier molecular flexibility index (Phi) is 3.44. The minimum Gasteiger partial charge on any atom is -0.389 e. The Morgan fingerprint density at radius 1 is 1.38 bits per heavy atom. The van der Waals surface area contributed by atoms with Crippen molar-refractivity contribution in [1.29, 1.82) is 0 Å². The van der Waals surface area contributed by atoms with Gasteiger partial charge in [-0.1, -0.05) is 6.08 Å². The van der Waals surface area contributed by atoms with Crippen LogP contribution in [0.5, 0.6) is 0 Å². The molecule has 3 N–H and O–H groups in total. The number of aliphatic hydroxyl groups excluding tert-OH is 3. The molecule has 0 aliphatic carbocycles. The lowest BCUT2D eigenvalue weighted by Gasteiger charge is -2.41. The van der Waals surface area contributed by atoms with Crippen molar-refractivity contribution in [2.24, 2.45) is 0 Å². The van der Waals surface area contributed by atoms with E-state index in [0.29, 0.717) is 13.1 Å². The highest BCUT2D eigenvalue weighted by molar-refractivity contribution is 4.94. The molecule has 1 saturated heterocycles. The van der Waals surface area contributed by atoms with E-state index in [2.05, 4.69) is 6.58 Å². The van der Waals surface area contributed by atoms with Crippen LogP contribution >= 0.6 is 0 Å². The molecular formula is C9H17NO3. The zero-order valence-electron chi connectivity index (χ0n) is 7.80. The van der Waals surface area contributed by atoms with Crippen LogP contribution in [0.3, 0.4) is 0 Å². The molecule has 4 nitrogen and oxygen atoms in total. The Labute approximate surface area is 78.1 Å². The van der Waals surface area contributed by atoms with Crippen LogP contribution in [0, 0.1) is 0 Å². The van der Waals surface area contributed by atoms with Crippen molar-refractivity contribution in [2.45, 2.75) is 31.3 Å². The van der Waals surface area contributed by atoms with Gasteiger partial charge in [0, 0.05) is 19.1 Å². The number of piperidine rings is 1. The summed E-state index contributed by atoms with van der Waals surface area (Å²) in [4.78, 5) is 1.88. The summed E-state index contributed by atoms with van der Waals surface area (Å²) in [6.07, 6.45) is -1.07. The molecule has 1 fully saturated rings. The van der Waals surface area contributed by atoms with E-state index in [9.17, 15) is 15.3 Å². The first-order valence-electron chi connectivity index (χ1n) is 4.47. The molecule has 0 aromatic carbocycles. The highest BCUT2D eigenvalue weighted by atomic mass is 16.4. The fourth-order valence-corrected chi connectivity index (χ4v) is 1.65. The van der Waals surface area contributed by atoms with Crippen molar-refractivity contribution in [1.82, 2.24) is 4.90 Å². The van der Waals surface area contributed by atoms with E-state index in [1.54, 1.807) is 6.08 Å². The van der Waals surface area contributed by atoms with Gasteiger partial charge in [0.25, 0.3) is 0 Å². The lowest BCUT2D eigenvalue weighted by Crippen LogP contribution is -2.60. The Bertz CT molecular complexity index is 186. The first-order chi connectivity index (χ1) is 6.07. The normalized spacial score (nSPS) is 41.8. The molecule has 0 unspecified atom stereocenters. The first kappa shape index (κ1) is 10.7. The van der Waals surface area contributed by atoms with Crippen LogP contribution in [-0.4, -0.2) is 57.7 Å². The highest BCUT2D eigenvalue weighted by Crippen LogP contribution is 2.18. The van der Waals surface area contributed by atoms with E-state index in [4.69, 9.17) is 0 Å². The van der Waals surface area contributed by atoms with Crippen LogP contribution in [0.2, 0.25) is 0 Å². The molecule has 0 aromatic rings. The van der Waals surface area contributed by atoms with Gasteiger partial charge in [-0.15, -0.1) is 6.58 Å². The molecule has 1 aliphatic rings. The third-order valence-corrected chi connectivity index (χ3v) is 2.60. The average molecular weight is 187 g/mol. The largest absolute Gasteiger partial charge is 0.389 e. The van der Waals surface area contributed by atoms with Gasteiger partial charge in [-0.2, -0.15) is 0 Å². The Hall–Kier alpha value is -0.420. The summed E-state index contributed by atoms with van der Waals surface area (Å²) in [6.45, 7) is 6.41. The molecule has 1 heterocycles.